The molecule has 0 aliphatic heterocycles. The Hall–Kier alpha value is -1.08. The first-order chi connectivity index (χ1) is 5.88. The molecule has 1 aromatic rings. The van der Waals surface area contributed by atoms with E-state index in [0.717, 1.165) is 0 Å². The van der Waals surface area contributed by atoms with Crippen LogP contribution in [-0.2, 0) is 4.74 Å². The summed E-state index contributed by atoms with van der Waals surface area (Å²) < 4.78 is 5.08. The van der Waals surface area contributed by atoms with Crippen LogP contribution in [0.4, 0.5) is 0 Å². The molecule has 0 spiro atoms. The summed E-state index contributed by atoms with van der Waals surface area (Å²) in [6.07, 6.45) is 2.08. The lowest BCUT2D eigenvalue weighted by molar-refractivity contribution is 0.239. The zero-order chi connectivity index (χ0) is 8.81. The van der Waals surface area contributed by atoms with E-state index in [-0.39, 0.29) is 0 Å². The van der Waals surface area contributed by atoms with Crippen molar-refractivity contribution in [3.8, 4) is 0 Å². The van der Waals surface area contributed by atoms with Crippen LogP contribution in [-0.4, -0.2) is 13.7 Å². The van der Waals surface area contributed by atoms with Gasteiger partial charge >= 0.3 is 0 Å². The SMILES string of the molecule is C/C=C(\COC)c1ccccc1. The van der Waals surface area contributed by atoms with Crippen molar-refractivity contribution in [2.24, 2.45) is 0 Å². The van der Waals surface area contributed by atoms with Gasteiger partial charge in [-0.15, -0.1) is 0 Å². The van der Waals surface area contributed by atoms with E-state index in [1.54, 1.807) is 7.11 Å². The van der Waals surface area contributed by atoms with Crippen LogP contribution in [0.3, 0.4) is 0 Å². The van der Waals surface area contributed by atoms with E-state index in [1.165, 1.54) is 11.1 Å². The molecule has 1 rings (SSSR count). The number of ether oxygens (including phenoxy) is 1. The van der Waals surface area contributed by atoms with E-state index < -0.39 is 0 Å². The molecule has 0 bridgehead atoms. The van der Waals surface area contributed by atoms with Crippen LogP contribution < -0.4 is 0 Å². The van der Waals surface area contributed by atoms with Gasteiger partial charge in [0.15, 0.2) is 0 Å². The number of benzene rings is 1. The van der Waals surface area contributed by atoms with Gasteiger partial charge in [-0.2, -0.15) is 0 Å². The van der Waals surface area contributed by atoms with Crippen LogP contribution in [0.15, 0.2) is 36.4 Å². The van der Waals surface area contributed by atoms with Crippen LogP contribution in [0.1, 0.15) is 12.5 Å². The molecule has 0 unspecified atom stereocenters. The Kier molecular flexibility index (Phi) is 3.55. The molecule has 0 radical (unpaired) electrons. The first kappa shape index (κ1) is 9.01. The molecular formula is C11H14O. The van der Waals surface area contributed by atoms with E-state index in [4.69, 9.17) is 4.74 Å². The normalized spacial score (nSPS) is 11.7. The van der Waals surface area contributed by atoms with E-state index in [9.17, 15) is 0 Å². The first-order valence-corrected chi connectivity index (χ1v) is 4.08. The summed E-state index contributed by atoms with van der Waals surface area (Å²) in [5.41, 5.74) is 2.47. The Morgan fingerprint density at radius 3 is 2.50 bits per heavy atom. The first-order valence-electron chi connectivity index (χ1n) is 4.08. The van der Waals surface area contributed by atoms with Gasteiger partial charge in [0.2, 0.25) is 0 Å². The summed E-state index contributed by atoms with van der Waals surface area (Å²) >= 11 is 0. The Morgan fingerprint density at radius 1 is 1.33 bits per heavy atom. The summed E-state index contributed by atoms with van der Waals surface area (Å²) in [6.45, 7) is 2.71. The second-order valence-corrected chi connectivity index (χ2v) is 2.61. The van der Waals surface area contributed by atoms with E-state index in [1.807, 2.05) is 25.1 Å². The van der Waals surface area contributed by atoms with Crippen LogP contribution in [0.5, 0.6) is 0 Å². The van der Waals surface area contributed by atoms with Crippen molar-refractivity contribution < 1.29 is 4.74 Å². The standard InChI is InChI=1S/C11H14O/c1-3-10(9-12-2)11-7-5-4-6-8-11/h3-8H,9H2,1-2H3/b10-3+. The minimum atomic E-state index is 0.681. The predicted octanol–water partition coefficient (Wildman–Crippen LogP) is 2.74. The zero-order valence-electron chi connectivity index (χ0n) is 7.58. The molecular weight excluding hydrogens is 148 g/mol. The number of methoxy groups -OCH3 is 1. The highest BCUT2D eigenvalue weighted by molar-refractivity contribution is 5.65. The average molecular weight is 162 g/mol. The molecule has 12 heavy (non-hydrogen) atoms. The summed E-state index contributed by atoms with van der Waals surface area (Å²) in [5.74, 6) is 0. The monoisotopic (exact) mass is 162 g/mol. The molecule has 64 valence electrons. The fourth-order valence-corrected chi connectivity index (χ4v) is 1.14. The van der Waals surface area contributed by atoms with Crippen molar-refractivity contribution in [1.29, 1.82) is 0 Å². The lowest BCUT2D eigenvalue weighted by Gasteiger charge is -2.04. The van der Waals surface area contributed by atoms with Crippen molar-refractivity contribution >= 4 is 5.57 Å². The lowest BCUT2D eigenvalue weighted by Crippen LogP contribution is -1.92. The highest BCUT2D eigenvalue weighted by Gasteiger charge is 1.96. The maximum atomic E-state index is 5.08. The molecule has 0 fully saturated rings. The summed E-state index contributed by atoms with van der Waals surface area (Å²) in [4.78, 5) is 0. The molecule has 0 atom stereocenters. The average Bonchev–Trinajstić information content (AvgIpc) is 2.15. The largest absolute Gasteiger partial charge is 0.380 e. The van der Waals surface area contributed by atoms with Crippen molar-refractivity contribution in [3.05, 3.63) is 42.0 Å². The minimum Gasteiger partial charge on any atom is -0.380 e. The third kappa shape index (κ3) is 2.21. The highest BCUT2D eigenvalue weighted by atomic mass is 16.5. The Bertz CT molecular complexity index is 249. The van der Waals surface area contributed by atoms with Crippen LogP contribution in [0, 0.1) is 0 Å². The molecule has 0 amide bonds. The molecule has 1 aromatic carbocycles. The number of rotatable bonds is 3. The van der Waals surface area contributed by atoms with Crippen LogP contribution in [0.25, 0.3) is 5.57 Å². The van der Waals surface area contributed by atoms with Gasteiger partial charge in [-0.1, -0.05) is 36.4 Å². The maximum Gasteiger partial charge on any atom is 0.0715 e. The third-order valence-electron chi connectivity index (χ3n) is 1.79. The molecule has 0 saturated carbocycles. The van der Waals surface area contributed by atoms with Crippen molar-refractivity contribution in [2.75, 3.05) is 13.7 Å². The zero-order valence-corrected chi connectivity index (χ0v) is 7.58. The van der Waals surface area contributed by atoms with Gasteiger partial charge in [-0.05, 0) is 18.1 Å². The fraction of sp³-hybridized carbons (Fsp3) is 0.273. The smallest absolute Gasteiger partial charge is 0.0715 e. The van der Waals surface area contributed by atoms with E-state index >= 15 is 0 Å². The van der Waals surface area contributed by atoms with Gasteiger partial charge in [0.1, 0.15) is 0 Å². The quantitative estimate of drug-likeness (QED) is 0.664. The summed E-state index contributed by atoms with van der Waals surface area (Å²) in [6, 6.07) is 10.3. The molecule has 0 aliphatic carbocycles. The lowest BCUT2D eigenvalue weighted by atomic mass is 10.1. The third-order valence-corrected chi connectivity index (χ3v) is 1.79. The topological polar surface area (TPSA) is 9.23 Å². The second-order valence-electron chi connectivity index (χ2n) is 2.61. The van der Waals surface area contributed by atoms with E-state index in [2.05, 4.69) is 18.2 Å². The number of hydrogen-bond donors (Lipinski definition) is 0. The second kappa shape index (κ2) is 4.73. The Morgan fingerprint density at radius 2 is 2.00 bits per heavy atom. The van der Waals surface area contributed by atoms with Crippen LogP contribution >= 0.6 is 0 Å². The molecule has 0 heterocycles. The van der Waals surface area contributed by atoms with E-state index in [0.29, 0.717) is 6.61 Å². The molecule has 0 aliphatic rings. The molecule has 1 heteroatoms. The maximum absolute atomic E-state index is 5.08. The Labute approximate surface area is 73.7 Å². The van der Waals surface area contributed by atoms with Gasteiger partial charge in [-0.3, -0.25) is 0 Å². The minimum absolute atomic E-state index is 0.681. The predicted molar refractivity (Wildman–Crippen MR) is 52.0 cm³/mol. The van der Waals surface area contributed by atoms with Crippen molar-refractivity contribution in [2.45, 2.75) is 6.92 Å². The number of allylic oxidation sites excluding steroid dienone is 1. The molecule has 0 N–H and O–H groups in total. The van der Waals surface area contributed by atoms with Crippen LogP contribution in [0.2, 0.25) is 0 Å². The number of hydrogen-bond acceptors (Lipinski definition) is 1. The molecule has 0 aromatic heterocycles. The van der Waals surface area contributed by atoms with Gasteiger partial charge in [0.25, 0.3) is 0 Å². The van der Waals surface area contributed by atoms with Gasteiger partial charge in [-0.25, -0.2) is 0 Å². The molecule has 1 nitrogen and oxygen atoms in total. The van der Waals surface area contributed by atoms with Gasteiger partial charge < -0.3 is 4.74 Å². The summed E-state index contributed by atoms with van der Waals surface area (Å²) in [5, 5.41) is 0. The van der Waals surface area contributed by atoms with Gasteiger partial charge in [0.05, 0.1) is 6.61 Å². The van der Waals surface area contributed by atoms with Crippen molar-refractivity contribution in [1.82, 2.24) is 0 Å². The van der Waals surface area contributed by atoms with Crippen molar-refractivity contribution in [3.63, 3.8) is 0 Å². The fourth-order valence-electron chi connectivity index (χ4n) is 1.14. The van der Waals surface area contributed by atoms with Gasteiger partial charge in [0, 0.05) is 7.11 Å². The molecule has 0 saturated heterocycles. The highest BCUT2D eigenvalue weighted by Crippen LogP contribution is 2.13. The Balaban J connectivity index is 2.82. The summed E-state index contributed by atoms with van der Waals surface area (Å²) in [7, 11) is 1.71.